The van der Waals surface area contributed by atoms with E-state index in [1.165, 1.54) is 12.1 Å². The van der Waals surface area contributed by atoms with Gasteiger partial charge in [0.25, 0.3) is 5.91 Å². The van der Waals surface area contributed by atoms with Crippen LogP contribution in [0.1, 0.15) is 24.5 Å². The monoisotopic (exact) mass is 301 g/mol. The van der Waals surface area contributed by atoms with E-state index in [-0.39, 0.29) is 18.3 Å². The van der Waals surface area contributed by atoms with Gasteiger partial charge in [0.05, 0.1) is 0 Å². The third-order valence-corrected chi connectivity index (χ3v) is 3.29. The number of hydrogen-bond acceptors (Lipinski definition) is 2. The summed E-state index contributed by atoms with van der Waals surface area (Å²) in [5, 5.41) is 2.78. The molecule has 2 rings (SSSR count). The van der Waals surface area contributed by atoms with Crippen molar-refractivity contribution < 1.29 is 13.9 Å². The first-order valence-corrected chi connectivity index (χ1v) is 7.34. The molecule has 0 saturated carbocycles. The Bertz CT molecular complexity index is 642. The predicted molar refractivity (Wildman–Crippen MR) is 84.1 cm³/mol. The third kappa shape index (κ3) is 4.58. The van der Waals surface area contributed by atoms with Gasteiger partial charge in [0, 0.05) is 6.54 Å². The van der Waals surface area contributed by atoms with Crippen molar-refractivity contribution in [2.45, 2.75) is 32.9 Å². The second-order valence-electron chi connectivity index (χ2n) is 5.18. The average molecular weight is 301 g/mol. The van der Waals surface area contributed by atoms with Crippen LogP contribution < -0.4 is 10.1 Å². The first kappa shape index (κ1) is 16.0. The van der Waals surface area contributed by atoms with Crippen LogP contribution in [0.3, 0.4) is 0 Å². The molecule has 0 bridgehead atoms. The Kier molecular flexibility index (Phi) is 5.53. The maximum atomic E-state index is 13.1. The first-order chi connectivity index (χ1) is 10.6. The molecular weight excluding hydrogens is 281 g/mol. The van der Waals surface area contributed by atoms with Crippen molar-refractivity contribution in [3.63, 3.8) is 0 Å². The van der Waals surface area contributed by atoms with E-state index >= 15 is 0 Å². The maximum absolute atomic E-state index is 13.1. The average Bonchev–Trinajstić information content (AvgIpc) is 2.50. The lowest BCUT2D eigenvalue weighted by Gasteiger charge is -2.17. The van der Waals surface area contributed by atoms with Crippen LogP contribution in [0.5, 0.6) is 5.75 Å². The minimum absolute atomic E-state index is 0.201. The minimum atomic E-state index is -0.560. The fraction of sp³-hybridized carbons (Fsp3) is 0.278. The van der Waals surface area contributed by atoms with E-state index in [0.717, 1.165) is 11.1 Å². The maximum Gasteiger partial charge on any atom is 0.261 e. The second-order valence-corrected chi connectivity index (χ2v) is 5.18. The van der Waals surface area contributed by atoms with Crippen molar-refractivity contribution in [1.82, 2.24) is 5.32 Å². The molecule has 1 unspecified atom stereocenters. The molecule has 0 aliphatic heterocycles. The van der Waals surface area contributed by atoms with Gasteiger partial charge in [-0.15, -0.1) is 0 Å². The Hall–Kier alpha value is -2.36. The molecule has 0 fully saturated rings. The highest BCUT2D eigenvalue weighted by molar-refractivity contribution is 5.81. The molecule has 22 heavy (non-hydrogen) atoms. The Morgan fingerprint density at radius 2 is 2.00 bits per heavy atom. The number of aryl methyl sites for hydroxylation is 1. The Labute approximate surface area is 130 Å². The van der Waals surface area contributed by atoms with Gasteiger partial charge in [0.2, 0.25) is 0 Å². The molecule has 0 aliphatic carbocycles. The highest BCUT2D eigenvalue weighted by Crippen LogP contribution is 2.15. The van der Waals surface area contributed by atoms with Crippen molar-refractivity contribution in [1.29, 1.82) is 0 Å². The molecule has 1 atom stereocenters. The van der Waals surface area contributed by atoms with Crippen molar-refractivity contribution in [3.05, 3.63) is 65.5 Å². The number of ether oxygens (including phenoxy) is 1. The van der Waals surface area contributed by atoms with Crippen LogP contribution in [0.2, 0.25) is 0 Å². The van der Waals surface area contributed by atoms with Crippen molar-refractivity contribution >= 4 is 5.91 Å². The van der Waals surface area contributed by atoms with Crippen LogP contribution >= 0.6 is 0 Å². The van der Waals surface area contributed by atoms with Gasteiger partial charge in [-0.05, 0) is 48.7 Å². The predicted octanol–water partition coefficient (Wildman–Crippen LogP) is 3.61. The molecule has 116 valence electrons. The normalized spacial score (nSPS) is 11.8. The highest BCUT2D eigenvalue weighted by Gasteiger charge is 2.18. The number of hydrogen-bond donors (Lipinski definition) is 1. The summed E-state index contributed by atoms with van der Waals surface area (Å²) in [4.78, 5) is 12.2. The minimum Gasteiger partial charge on any atom is -0.481 e. The van der Waals surface area contributed by atoms with Gasteiger partial charge in [-0.25, -0.2) is 4.39 Å². The molecule has 4 heteroatoms. The van der Waals surface area contributed by atoms with Crippen LogP contribution in [0.4, 0.5) is 4.39 Å². The fourth-order valence-electron chi connectivity index (χ4n) is 2.13. The number of carbonyl (C=O) groups excluding carboxylic acids is 1. The third-order valence-electron chi connectivity index (χ3n) is 3.29. The molecule has 3 nitrogen and oxygen atoms in total. The summed E-state index contributed by atoms with van der Waals surface area (Å²) in [5.74, 6) is 0.163. The Balaban J connectivity index is 1.94. The zero-order chi connectivity index (χ0) is 15.9. The van der Waals surface area contributed by atoms with E-state index in [2.05, 4.69) is 5.32 Å². The van der Waals surface area contributed by atoms with Gasteiger partial charge >= 0.3 is 0 Å². The summed E-state index contributed by atoms with van der Waals surface area (Å²) in [5.41, 5.74) is 1.80. The fourth-order valence-corrected chi connectivity index (χ4v) is 2.13. The van der Waals surface area contributed by atoms with E-state index in [1.54, 1.807) is 12.1 Å². The number of rotatable bonds is 6. The first-order valence-electron chi connectivity index (χ1n) is 7.34. The van der Waals surface area contributed by atoms with Gasteiger partial charge < -0.3 is 10.1 Å². The Morgan fingerprint density at radius 3 is 2.68 bits per heavy atom. The van der Waals surface area contributed by atoms with Gasteiger partial charge in [-0.2, -0.15) is 0 Å². The second kappa shape index (κ2) is 7.59. The van der Waals surface area contributed by atoms with E-state index in [9.17, 15) is 9.18 Å². The molecule has 0 radical (unpaired) electrons. The standard InChI is InChI=1S/C18H20FNO2/c1-3-17(22-16-9-4-6-13(2)10-16)18(21)20-12-14-7-5-8-15(19)11-14/h4-11,17H,3,12H2,1-2H3,(H,20,21). The summed E-state index contributed by atoms with van der Waals surface area (Å²) >= 11 is 0. The van der Waals surface area contributed by atoms with Crippen LogP contribution in [-0.4, -0.2) is 12.0 Å². The Morgan fingerprint density at radius 1 is 1.23 bits per heavy atom. The zero-order valence-electron chi connectivity index (χ0n) is 12.8. The van der Waals surface area contributed by atoms with Crippen LogP contribution in [-0.2, 0) is 11.3 Å². The van der Waals surface area contributed by atoms with Crippen molar-refractivity contribution in [2.75, 3.05) is 0 Å². The molecule has 0 saturated heterocycles. The molecule has 1 N–H and O–H groups in total. The number of halogens is 1. The number of benzene rings is 2. The molecule has 2 aromatic carbocycles. The highest BCUT2D eigenvalue weighted by atomic mass is 19.1. The molecule has 1 amide bonds. The summed E-state index contributed by atoms with van der Waals surface area (Å²) in [6.07, 6.45) is -0.00139. The molecule has 0 heterocycles. The van der Waals surface area contributed by atoms with E-state index in [0.29, 0.717) is 12.2 Å². The van der Waals surface area contributed by atoms with Crippen LogP contribution in [0.25, 0.3) is 0 Å². The summed E-state index contributed by atoms with van der Waals surface area (Å²) in [7, 11) is 0. The lowest BCUT2D eigenvalue weighted by atomic mass is 10.2. The van der Waals surface area contributed by atoms with E-state index < -0.39 is 6.10 Å². The van der Waals surface area contributed by atoms with Crippen molar-refractivity contribution in [3.8, 4) is 5.75 Å². The largest absolute Gasteiger partial charge is 0.481 e. The van der Waals surface area contributed by atoms with E-state index in [4.69, 9.17) is 4.74 Å². The molecular formula is C18H20FNO2. The molecule has 0 aliphatic rings. The van der Waals surface area contributed by atoms with Gasteiger partial charge in [-0.1, -0.05) is 31.2 Å². The molecule has 0 aromatic heterocycles. The van der Waals surface area contributed by atoms with E-state index in [1.807, 2.05) is 38.1 Å². The quantitative estimate of drug-likeness (QED) is 0.885. The molecule has 0 spiro atoms. The summed E-state index contributed by atoms with van der Waals surface area (Å²) in [6.45, 7) is 4.14. The lowest BCUT2D eigenvalue weighted by molar-refractivity contribution is -0.128. The van der Waals surface area contributed by atoms with Gasteiger partial charge in [-0.3, -0.25) is 4.79 Å². The van der Waals surface area contributed by atoms with Crippen LogP contribution in [0, 0.1) is 12.7 Å². The van der Waals surface area contributed by atoms with Gasteiger partial charge in [0.1, 0.15) is 11.6 Å². The smallest absolute Gasteiger partial charge is 0.261 e. The number of nitrogens with one attached hydrogen (secondary N) is 1. The van der Waals surface area contributed by atoms with Crippen molar-refractivity contribution in [2.24, 2.45) is 0 Å². The topological polar surface area (TPSA) is 38.3 Å². The summed E-state index contributed by atoms with van der Waals surface area (Å²) in [6, 6.07) is 13.8. The zero-order valence-corrected chi connectivity index (χ0v) is 12.8. The summed E-state index contributed by atoms with van der Waals surface area (Å²) < 4.78 is 18.8. The lowest BCUT2D eigenvalue weighted by Crippen LogP contribution is -2.37. The number of carbonyl (C=O) groups is 1. The molecule has 2 aromatic rings. The SMILES string of the molecule is CCC(Oc1cccc(C)c1)C(=O)NCc1cccc(F)c1. The van der Waals surface area contributed by atoms with Gasteiger partial charge in [0.15, 0.2) is 6.10 Å². The van der Waals surface area contributed by atoms with Crippen LogP contribution in [0.15, 0.2) is 48.5 Å². The number of amides is 1.